The number of hydrogen-bond donors (Lipinski definition) is 0. The second kappa shape index (κ2) is 8.04. The SMILES string of the molecule is CSC(=O)C#CC(C(C)C)N(C)Cc1ccccc1. The maximum atomic E-state index is 11.3. The normalized spacial score (nSPS) is 12.1. The number of hydrogen-bond acceptors (Lipinski definition) is 3. The Bertz CT molecular complexity index is 459. The summed E-state index contributed by atoms with van der Waals surface area (Å²) in [7, 11) is 2.05. The van der Waals surface area contributed by atoms with Gasteiger partial charge in [-0.2, -0.15) is 0 Å². The molecular weight excluding hydrogens is 254 g/mol. The van der Waals surface area contributed by atoms with Crippen LogP contribution in [0.1, 0.15) is 19.4 Å². The highest BCUT2D eigenvalue weighted by atomic mass is 32.2. The molecule has 1 atom stereocenters. The monoisotopic (exact) mass is 275 g/mol. The van der Waals surface area contributed by atoms with E-state index in [-0.39, 0.29) is 11.2 Å². The highest BCUT2D eigenvalue weighted by Gasteiger charge is 2.16. The van der Waals surface area contributed by atoms with Gasteiger partial charge in [-0.1, -0.05) is 61.9 Å². The first-order valence-corrected chi connectivity index (χ1v) is 7.60. The average Bonchev–Trinajstić information content (AvgIpc) is 2.39. The topological polar surface area (TPSA) is 20.3 Å². The minimum atomic E-state index is -0.0706. The van der Waals surface area contributed by atoms with Gasteiger partial charge >= 0.3 is 0 Å². The summed E-state index contributed by atoms with van der Waals surface area (Å²) < 4.78 is 0. The lowest BCUT2D eigenvalue weighted by atomic mass is 10.0. The number of benzene rings is 1. The standard InChI is InChI=1S/C16H21NOS/c1-13(2)15(10-11-16(18)19-4)17(3)12-14-8-6-5-7-9-14/h5-9,13,15H,12H2,1-4H3. The van der Waals surface area contributed by atoms with Crippen molar-refractivity contribution in [3.63, 3.8) is 0 Å². The van der Waals surface area contributed by atoms with Gasteiger partial charge in [0.1, 0.15) is 0 Å². The van der Waals surface area contributed by atoms with E-state index >= 15 is 0 Å². The van der Waals surface area contributed by atoms with Crippen molar-refractivity contribution in [1.82, 2.24) is 4.90 Å². The van der Waals surface area contributed by atoms with E-state index in [4.69, 9.17) is 0 Å². The number of carbonyl (C=O) groups is 1. The van der Waals surface area contributed by atoms with Crippen molar-refractivity contribution in [1.29, 1.82) is 0 Å². The number of rotatable bonds is 4. The molecule has 0 N–H and O–H groups in total. The van der Waals surface area contributed by atoms with Gasteiger partial charge in [0, 0.05) is 6.54 Å². The Morgan fingerprint density at radius 1 is 1.32 bits per heavy atom. The molecule has 1 aromatic rings. The van der Waals surface area contributed by atoms with Crippen LogP contribution in [0.15, 0.2) is 30.3 Å². The Morgan fingerprint density at radius 3 is 2.47 bits per heavy atom. The Kier molecular flexibility index (Phi) is 6.69. The Balaban J connectivity index is 2.75. The van der Waals surface area contributed by atoms with Crippen molar-refractivity contribution in [2.75, 3.05) is 13.3 Å². The molecule has 0 aliphatic carbocycles. The van der Waals surface area contributed by atoms with Crippen molar-refractivity contribution in [2.24, 2.45) is 5.92 Å². The number of thioether (sulfide) groups is 1. The van der Waals surface area contributed by atoms with Crippen LogP contribution < -0.4 is 0 Å². The van der Waals surface area contributed by atoms with Gasteiger partial charge in [0.2, 0.25) is 0 Å². The van der Waals surface area contributed by atoms with Crippen LogP contribution in [0.25, 0.3) is 0 Å². The van der Waals surface area contributed by atoms with Crippen LogP contribution in [-0.2, 0) is 11.3 Å². The van der Waals surface area contributed by atoms with Crippen LogP contribution in [0.2, 0.25) is 0 Å². The molecule has 0 amide bonds. The van der Waals surface area contributed by atoms with E-state index in [0.29, 0.717) is 5.92 Å². The summed E-state index contributed by atoms with van der Waals surface area (Å²) in [5.41, 5.74) is 1.26. The second-order valence-corrected chi connectivity index (χ2v) is 5.63. The zero-order chi connectivity index (χ0) is 14.3. The molecule has 0 aliphatic heterocycles. The molecule has 1 rings (SSSR count). The lowest BCUT2D eigenvalue weighted by molar-refractivity contribution is -0.106. The summed E-state index contributed by atoms with van der Waals surface area (Å²) in [5, 5.41) is -0.0706. The van der Waals surface area contributed by atoms with Gasteiger partial charge in [0.15, 0.2) is 0 Å². The third-order valence-electron chi connectivity index (χ3n) is 2.89. The van der Waals surface area contributed by atoms with Crippen LogP contribution in [0.5, 0.6) is 0 Å². The molecule has 0 spiro atoms. The molecule has 0 heterocycles. The zero-order valence-corrected chi connectivity index (χ0v) is 12.8. The summed E-state index contributed by atoms with van der Waals surface area (Å²) in [6.45, 7) is 5.10. The fraction of sp³-hybridized carbons (Fsp3) is 0.438. The minimum absolute atomic E-state index is 0.0706. The summed E-state index contributed by atoms with van der Waals surface area (Å²) in [4.78, 5) is 13.5. The molecule has 0 saturated heterocycles. The Labute approximate surface area is 120 Å². The molecule has 0 aliphatic rings. The fourth-order valence-corrected chi connectivity index (χ4v) is 2.10. The summed E-state index contributed by atoms with van der Waals surface area (Å²) in [6, 6.07) is 10.4. The minimum Gasteiger partial charge on any atom is -0.288 e. The van der Waals surface area contributed by atoms with Crippen molar-refractivity contribution in [2.45, 2.75) is 26.4 Å². The first kappa shape index (κ1) is 15.8. The van der Waals surface area contributed by atoms with E-state index in [0.717, 1.165) is 18.3 Å². The quantitative estimate of drug-likeness (QED) is 0.788. The Morgan fingerprint density at radius 2 is 1.95 bits per heavy atom. The van der Waals surface area contributed by atoms with Crippen LogP contribution in [0.4, 0.5) is 0 Å². The van der Waals surface area contributed by atoms with Gasteiger partial charge in [-0.15, -0.1) is 0 Å². The van der Waals surface area contributed by atoms with Crippen LogP contribution in [0, 0.1) is 17.8 Å². The number of carbonyl (C=O) groups excluding carboxylic acids is 1. The van der Waals surface area contributed by atoms with Gasteiger partial charge in [-0.25, -0.2) is 0 Å². The van der Waals surface area contributed by atoms with Crippen LogP contribution in [-0.4, -0.2) is 29.4 Å². The zero-order valence-electron chi connectivity index (χ0n) is 12.0. The third-order valence-corrected chi connectivity index (χ3v) is 3.36. The maximum absolute atomic E-state index is 11.3. The molecule has 3 heteroatoms. The predicted octanol–water partition coefficient (Wildman–Crippen LogP) is 3.04. The highest BCUT2D eigenvalue weighted by molar-refractivity contribution is 8.13. The largest absolute Gasteiger partial charge is 0.288 e. The lowest BCUT2D eigenvalue weighted by Crippen LogP contribution is -2.34. The van der Waals surface area contributed by atoms with E-state index in [1.54, 1.807) is 6.26 Å². The molecule has 0 radical (unpaired) electrons. The van der Waals surface area contributed by atoms with E-state index in [2.05, 4.69) is 49.8 Å². The summed E-state index contributed by atoms with van der Waals surface area (Å²) in [6.07, 6.45) is 1.76. The van der Waals surface area contributed by atoms with Crippen molar-refractivity contribution in [3.05, 3.63) is 35.9 Å². The predicted molar refractivity (Wildman–Crippen MR) is 82.8 cm³/mol. The van der Waals surface area contributed by atoms with Gasteiger partial charge in [0.05, 0.1) is 6.04 Å². The van der Waals surface area contributed by atoms with Gasteiger partial charge in [-0.05, 0) is 30.7 Å². The maximum Gasteiger partial charge on any atom is 0.262 e. The first-order valence-electron chi connectivity index (χ1n) is 6.38. The smallest absolute Gasteiger partial charge is 0.262 e. The van der Waals surface area contributed by atoms with E-state index < -0.39 is 0 Å². The van der Waals surface area contributed by atoms with Crippen LogP contribution >= 0.6 is 11.8 Å². The van der Waals surface area contributed by atoms with Crippen LogP contribution in [0.3, 0.4) is 0 Å². The summed E-state index contributed by atoms with van der Waals surface area (Å²) in [5.74, 6) is 6.19. The molecule has 0 aromatic heterocycles. The summed E-state index contributed by atoms with van der Waals surface area (Å²) >= 11 is 1.16. The van der Waals surface area contributed by atoms with Gasteiger partial charge < -0.3 is 0 Å². The fourth-order valence-electron chi connectivity index (χ4n) is 1.94. The van der Waals surface area contributed by atoms with E-state index in [1.165, 1.54) is 5.56 Å². The van der Waals surface area contributed by atoms with Crippen molar-refractivity contribution < 1.29 is 4.79 Å². The van der Waals surface area contributed by atoms with Crippen molar-refractivity contribution >= 4 is 16.9 Å². The third kappa shape index (κ3) is 5.50. The number of nitrogens with zero attached hydrogens (tertiary/aromatic N) is 1. The molecule has 0 saturated carbocycles. The first-order chi connectivity index (χ1) is 9.04. The van der Waals surface area contributed by atoms with Crippen molar-refractivity contribution in [3.8, 4) is 11.8 Å². The molecular formula is C16H21NOS. The van der Waals surface area contributed by atoms with E-state index in [9.17, 15) is 4.79 Å². The highest BCUT2D eigenvalue weighted by Crippen LogP contribution is 2.12. The molecule has 0 fully saturated rings. The molecule has 2 nitrogen and oxygen atoms in total. The molecule has 1 unspecified atom stereocenters. The molecule has 1 aromatic carbocycles. The molecule has 19 heavy (non-hydrogen) atoms. The average molecular weight is 275 g/mol. The lowest BCUT2D eigenvalue weighted by Gasteiger charge is -2.26. The molecule has 102 valence electrons. The molecule has 0 bridgehead atoms. The van der Waals surface area contributed by atoms with Gasteiger partial charge in [-0.3, -0.25) is 9.69 Å². The van der Waals surface area contributed by atoms with Gasteiger partial charge in [0.25, 0.3) is 5.12 Å². The second-order valence-electron chi connectivity index (χ2n) is 4.85. The Hall–Kier alpha value is -1.24. The van der Waals surface area contributed by atoms with E-state index in [1.807, 2.05) is 18.2 Å².